The number of amides is 1. The van der Waals surface area contributed by atoms with Gasteiger partial charge in [-0.05, 0) is 36.6 Å². The second-order valence-electron chi connectivity index (χ2n) is 8.37. The number of halogens is 6. The number of pyridine rings is 1. The normalized spacial score (nSPS) is 19.9. The molecule has 0 bridgehead atoms. The average molecular weight is 482 g/mol. The number of nitrogens with one attached hydrogen (secondary N) is 1. The fourth-order valence-corrected chi connectivity index (χ4v) is 4.34. The number of alkyl halides is 4. The summed E-state index contributed by atoms with van der Waals surface area (Å²) in [7, 11) is 0. The first-order valence-corrected chi connectivity index (χ1v) is 10.5. The number of benzene rings is 1. The van der Waals surface area contributed by atoms with Gasteiger partial charge in [-0.1, -0.05) is 6.92 Å². The van der Waals surface area contributed by atoms with Crippen LogP contribution in [0.15, 0.2) is 42.9 Å². The van der Waals surface area contributed by atoms with Gasteiger partial charge in [0.15, 0.2) is 0 Å². The van der Waals surface area contributed by atoms with E-state index in [0.29, 0.717) is 0 Å². The van der Waals surface area contributed by atoms with E-state index >= 15 is 0 Å². The number of aromatic nitrogens is 3. The van der Waals surface area contributed by atoms with E-state index in [1.807, 2.05) is 0 Å². The Labute approximate surface area is 190 Å². The van der Waals surface area contributed by atoms with Crippen LogP contribution in [-0.2, 0) is 0 Å². The van der Waals surface area contributed by atoms with Crippen LogP contribution in [0.2, 0.25) is 0 Å². The fourth-order valence-electron chi connectivity index (χ4n) is 4.34. The first-order valence-electron chi connectivity index (χ1n) is 10.5. The molecule has 2 heterocycles. The number of anilines is 1. The van der Waals surface area contributed by atoms with Crippen molar-refractivity contribution < 1.29 is 31.1 Å². The first kappa shape index (κ1) is 23.8. The lowest BCUT2D eigenvalue weighted by Gasteiger charge is -2.34. The molecule has 0 aliphatic heterocycles. The minimum Gasteiger partial charge on any atom is -0.320 e. The predicted molar refractivity (Wildman–Crippen MR) is 112 cm³/mol. The molecule has 3 aromatic rings. The Kier molecular flexibility index (Phi) is 6.37. The Bertz CT molecular complexity index is 1210. The Morgan fingerprint density at radius 3 is 2.65 bits per heavy atom. The third-order valence-electron chi connectivity index (χ3n) is 5.98. The second kappa shape index (κ2) is 9.11. The van der Waals surface area contributed by atoms with Crippen molar-refractivity contribution in [3.8, 4) is 11.1 Å². The largest absolute Gasteiger partial charge is 0.333 e. The van der Waals surface area contributed by atoms with Gasteiger partial charge in [-0.3, -0.25) is 9.78 Å². The summed E-state index contributed by atoms with van der Waals surface area (Å²) in [5.41, 5.74) is -0.0521. The summed E-state index contributed by atoms with van der Waals surface area (Å²) in [4.78, 5) is 17.2. The number of carbonyl (C=O) groups is 1. The van der Waals surface area contributed by atoms with Gasteiger partial charge in [0.2, 0.25) is 5.92 Å². The summed E-state index contributed by atoms with van der Waals surface area (Å²) in [5.74, 6) is -6.21. The number of rotatable bonds is 5. The molecule has 0 spiro atoms. The topological polar surface area (TPSA) is 59.8 Å². The molecule has 2 atom stereocenters. The first-order chi connectivity index (χ1) is 16.1. The summed E-state index contributed by atoms with van der Waals surface area (Å²) in [5, 5.41) is 5.98. The van der Waals surface area contributed by atoms with Crippen LogP contribution in [0.4, 0.5) is 32.0 Å². The lowest BCUT2D eigenvalue weighted by Crippen LogP contribution is -2.31. The van der Waals surface area contributed by atoms with E-state index in [0.717, 1.165) is 30.6 Å². The smallest absolute Gasteiger partial charge is 0.320 e. The summed E-state index contributed by atoms with van der Waals surface area (Å²) >= 11 is 0. The molecule has 1 aromatic carbocycles. The van der Waals surface area contributed by atoms with Crippen LogP contribution in [0, 0.1) is 17.6 Å². The molecule has 2 aromatic heterocycles. The van der Waals surface area contributed by atoms with Crippen molar-refractivity contribution >= 4 is 11.6 Å². The summed E-state index contributed by atoms with van der Waals surface area (Å²) in [6.07, 6.45) is 2.37. The van der Waals surface area contributed by atoms with Gasteiger partial charge in [-0.25, -0.2) is 22.2 Å². The standard InChI is InChI=1S/C23H20F6N4O/c1-12-9-23(28,29)6-4-15(12)19-20(32-21(34)13-10-31-33(11-13)22(26)27)16(5-7-30-19)17-8-14(24)2-3-18(17)25/h2-3,5,7-8,10-12,15,22H,4,6,9H2,1H3,(H,32,34)/t12-,15?/m1/s1. The molecule has 0 radical (unpaired) electrons. The van der Waals surface area contributed by atoms with Crippen LogP contribution in [0.1, 0.15) is 54.7 Å². The molecule has 180 valence electrons. The van der Waals surface area contributed by atoms with Crippen LogP contribution >= 0.6 is 0 Å². The van der Waals surface area contributed by atoms with Gasteiger partial charge in [-0.15, -0.1) is 0 Å². The summed E-state index contributed by atoms with van der Waals surface area (Å²) < 4.78 is 82.5. The van der Waals surface area contributed by atoms with Crippen molar-refractivity contribution in [1.29, 1.82) is 0 Å². The van der Waals surface area contributed by atoms with Crippen LogP contribution in [0.3, 0.4) is 0 Å². The van der Waals surface area contributed by atoms with Crippen molar-refractivity contribution in [1.82, 2.24) is 14.8 Å². The fraction of sp³-hybridized carbons (Fsp3) is 0.348. The Morgan fingerprint density at radius 1 is 1.21 bits per heavy atom. The van der Waals surface area contributed by atoms with Gasteiger partial charge in [0, 0.05) is 42.3 Å². The van der Waals surface area contributed by atoms with E-state index in [4.69, 9.17) is 0 Å². The highest BCUT2D eigenvalue weighted by Gasteiger charge is 2.41. The van der Waals surface area contributed by atoms with Gasteiger partial charge < -0.3 is 5.32 Å². The van der Waals surface area contributed by atoms with E-state index < -0.39 is 54.7 Å². The van der Waals surface area contributed by atoms with Gasteiger partial charge in [0.1, 0.15) is 11.6 Å². The van der Waals surface area contributed by atoms with E-state index in [-0.39, 0.29) is 39.2 Å². The van der Waals surface area contributed by atoms with Gasteiger partial charge in [0.25, 0.3) is 5.91 Å². The molecule has 5 nitrogen and oxygen atoms in total. The van der Waals surface area contributed by atoms with E-state index in [1.165, 1.54) is 12.3 Å². The maximum Gasteiger partial charge on any atom is 0.333 e. The van der Waals surface area contributed by atoms with Crippen LogP contribution in [-0.4, -0.2) is 26.6 Å². The molecular weight excluding hydrogens is 462 g/mol. The minimum atomic E-state index is -2.96. The maximum absolute atomic E-state index is 14.6. The number of hydrogen-bond acceptors (Lipinski definition) is 3. The molecule has 11 heteroatoms. The van der Waals surface area contributed by atoms with Gasteiger partial charge in [-0.2, -0.15) is 13.9 Å². The maximum atomic E-state index is 14.6. The average Bonchev–Trinajstić information content (AvgIpc) is 3.26. The molecule has 1 aliphatic carbocycles. The Morgan fingerprint density at radius 2 is 1.97 bits per heavy atom. The molecule has 0 saturated heterocycles. The minimum absolute atomic E-state index is 0.00358. The Balaban J connectivity index is 1.80. The van der Waals surface area contributed by atoms with Crippen LogP contribution in [0.25, 0.3) is 11.1 Å². The van der Waals surface area contributed by atoms with Crippen molar-refractivity contribution in [3.05, 3.63) is 65.7 Å². The molecule has 1 amide bonds. The molecule has 1 saturated carbocycles. The zero-order valence-electron chi connectivity index (χ0n) is 17.9. The molecule has 34 heavy (non-hydrogen) atoms. The zero-order valence-corrected chi connectivity index (χ0v) is 17.9. The van der Waals surface area contributed by atoms with Gasteiger partial charge in [0.05, 0.1) is 23.1 Å². The molecule has 1 unspecified atom stereocenters. The monoisotopic (exact) mass is 482 g/mol. The summed E-state index contributed by atoms with van der Waals surface area (Å²) in [6, 6.07) is 4.16. The van der Waals surface area contributed by atoms with Crippen LogP contribution in [0.5, 0.6) is 0 Å². The summed E-state index contributed by atoms with van der Waals surface area (Å²) in [6.45, 7) is -1.33. The van der Waals surface area contributed by atoms with Crippen molar-refractivity contribution in [2.24, 2.45) is 5.92 Å². The number of carbonyl (C=O) groups excluding carboxylic acids is 1. The third kappa shape index (κ3) is 4.78. The van der Waals surface area contributed by atoms with Crippen molar-refractivity contribution in [3.63, 3.8) is 0 Å². The molecule has 1 aliphatic rings. The lowest BCUT2D eigenvalue weighted by molar-refractivity contribution is -0.0558. The van der Waals surface area contributed by atoms with Crippen molar-refractivity contribution in [2.45, 2.75) is 44.6 Å². The number of nitrogens with zero attached hydrogens (tertiary/aromatic N) is 3. The highest BCUT2D eigenvalue weighted by molar-refractivity contribution is 6.06. The molecular formula is C23H20F6N4O. The van der Waals surface area contributed by atoms with E-state index in [2.05, 4.69) is 15.4 Å². The van der Waals surface area contributed by atoms with E-state index in [9.17, 15) is 31.1 Å². The van der Waals surface area contributed by atoms with Crippen LogP contribution < -0.4 is 5.32 Å². The van der Waals surface area contributed by atoms with E-state index in [1.54, 1.807) is 6.92 Å². The molecule has 1 N–H and O–H groups in total. The Hall–Kier alpha value is -3.37. The third-order valence-corrected chi connectivity index (χ3v) is 5.98. The quantitative estimate of drug-likeness (QED) is 0.428. The lowest BCUT2D eigenvalue weighted by atomic mass is 9.75. The second-order valence-corrected chi connectivity index (χ2v) is 8.37. The molecule has 4 rings (SSSR count). The predicted octanol–water partition coefficient (Wildman–Crippen LogP) is 6.41. The zero-order chi connectivity index (χ0) is 24.6. The highest BCUT2D eigenvalue weighted by Crippen LogP contribution is 2.47. The number of hydrogen-bond donors (Lipinski definition) is 1. The van der Waals surface area contributed by atoms with Gasteiger partial charge >= 0.3 is 6.55 Å². The molecule has 1 fully saturated rings. The highest BCUT2D eigenvalue weighted by atomic mass is 19.3. The van der Waals surface area contributed by atoms with Crippen molar-refractivity contribution in [2.75, 3.05) is 5.32 Å². The SMILES string of the molecule is C[C@@H]1CC(F)(F)CCC1c1nccc(-c2cc(F)ccc2F)c1NC(=O)c1cnn(C(F)F)c1.